The molecule has 0 aliphatic rings. The highest BCUT2D eigenvalue weighted by Crippen LogP contribution is 2.37. The van der Waals surface area contributed by atoms with Crippen molar-refractivity contribution in [3.05, 3.63) is 77.0 Å². The summed E-state index contributed by atoms with van der Waals surface area (Å²) in [7, 11) is 1.53. The Morgan fingerprint density at radius 2 is 1.88 bits per heavy atom. The number of rotatable bonds is 3. The fourth-order valence-corrected chi connectivity index (χ4v) is 4.14. The molecule has 3 heterocycles. The van der Waals surface area contributed by atoms with Crippen LogP contribution in [0.4, 0.5) is 10.2 Å². The molecule has 33 heavy (non-hydrogen) atoms. The van der Waals surface area contributed by atoms with Crippen LogP contribution in [0, 0.1) is 12.7 Å². The van der Waals surface area contributed by atoms with E-state index in [2.05, 4.69) is 20.3 Å². The Morgan fingerprint density at radius 1 is 1.12 bits per heavy atom. The van der Waals surface area contributed by atoms with Crippen molar-refractivity contribution in [1.29, 1.82) is 0 Å². The number of pyridine rings is 1. The summed E-state index contributed by atoms with van der Waals surface area (Å²) in [6.07, 6.45) is 3.31. The van der Waals surface area contributed by atoms with Crippen LogP contribution in [0.2, 0.25) is 5.02 Å². The molecule has 9 heteroatoms. The number of hydrogen-bond donors (Lipinski definition) is 2. The number of nitrogens with two attached hydrogens (primary N) is 1. The van der Waals surface area contributed by atoms with Crippen LogP contribution in [0.15, 0.2) is 54.9 Å². The van der Waals surface area contributed by atoms with Gasteiger partial charge in [-0.1, -0.05) is 11.6 Å². The zero-order valence-corrected chi connectivity index (χ0v) is 18.5. The monoisotopic (exact) mass is 460 g/mol. The largest absolute Gasteiger partial charge is 0.381 e. The van der Waals surface area contributed by atoms with Crippen molar-refractivity contribution in [2.45, 2.75) is 6.92 Å². The third-order valence-electron chi connectivity index (χ3n) is 5.50. The predicted molar refractivity (Wildman–Crippen MR) is 127 cm³/mol. The van der Waals surface area contributed by atoms with Crippen molar-refractivity contribution >= 4 is 39.9 Å². The first-order valence-corrected chi connectivity index (χ1v) is 10.5. The van der Waals surface area contributed by atoms with Gasteiger partial charge in [-0.25, -0.2) is 14.4 Å². The molecule has 0 unspecified atom stereocenters. The van der Waals surface area contributed by atoms with Gasteiger partial charge in [0, 0.05) is 36.0 Å². The standard InChI is InChI=1S/C24H18ClFN6O/c1-12-7-8-29-20-16(12)9-14(10-17(20)25)21-19(13-3-5-15(26)6-4-13)31-22(27)23-30-18(11-32(21)23)24(33)28-2/h3-11H,1-2H3,(H2,27,31)(H,28,33). The fraction of sp³-hybridized carbons (Fsp3) is 0.0833. The number of anilines is 1. The minimum atomic E-state index is -0.366. The second kappa shape index (κ2) is 7.83. The molecule has 0 aliphatic heterocycles. The highest BCUT2D eigenvalue weighted by Gasteiger charge is 2.21. The van der Waals surface area contributed by atoms with Crippen molar-refractivity contribution in [3.8, 4) is 22.5 Å². The number of halogens is 2. The third kappa shape index (κ3) is 3.44. The molecular formula is C24H18ClFN6O. The smallest absolute Gasteiger partial charge is 0.271 e. The van der Waals surface area contributed by atoms with E-state index in [0.29, 0.717) is 33.1 Å². The topological polar surface area (TPSA) is 98.2 Å². The van der Waals surface area contributed by atoms with Crippen molar-refractivity contribution in [2.24, 2.45) is 0 Å². The van der Waals surface area contributed by atoms with Crippen molar-refractivity contribution in [2.75, 3.05) is 12.8 Å². The minimum Gasteiger partial charge on any atom is -0.381 e. The first-order chi connectivity index (χ1) is 15.9. The number of imidazole rings is 1. The van der Waals surface area contributed by atoms with Crippen LogP contribution >= 0.6 is 11.6 Å². The molecule has 1 amide bonds. The van der Waals surface area contributed by atoms with E-state index in [1.807, 2.05) is 19.1 Å². The first-order valence-electron chi connectivity index (χ1n) is 10.1. The van der Waals surface area contributed by atoms with Crippen LogP contribution in [0.25, 0.3) is 39.1 Å². The Balaban J connectivity index is 1.90. The molecule has 0 bridgehead atoms. The molecule has 7 nitrogen and oxygen atoms in total. The van der Waals surface area contributed by atoms with Crippen molar-refractivity contribution in [1.82, 2.24) is 24.7 Å². The summed E-state index contributed by atoms with van der Waals surface area (Å²) in [6.45, 7) is 1.97. The van der Waals surface area contributed by atoms with Crippen LogP contribution < -0.4 is 11.1 Å². The fourth-order valence-electron chi connectivity index (χ4n) is 3.87. The average Bonchev–Trinajstić information content (AvgIpc) is 3.25. The van der Waals surface area contributed by atoms with Gasteiger partial charge in [-0.3, -0.25) is 14.2 Å². The Morgan fingerprint density at radius 3 is 2.61 bits per heavy atom. The van der Waals surface area contributed by atoms with Gasteiger partial charge in [-0.15, -0.1) is 0 Å². The number of carbonyl (C=O) groups excluding carboxylic acids is 1. The molecule has 5 aromatic rings. The second-order valence-electron chi connectivity index (χ2n) is 7.58. The third-order valence-corrected chi connectivity index (χ3v) is 5.79. The van der Waals surface area contributed by atoms with E-state index >= 15 is 0 Å². The molecule has 0 atom stereocenters. The number of hydrogen-bond acceptors (Lipinski definition) is 5. The van der Waals surface area contributed by atoms with Gasteiger partial charge in [0.05, 0.1) is 21.9 Å². The Kier molecular flexibility index (Phi) is 4.94. The van der Waals surface area contributed by atoms with Gasteiger partial charge in [0.2, 0.25) is 0 Å². The molecule has 3 N–H and O–H groups in total. The number of aryl methyl sites for hydroxylation is 1. The van der Waals surface area contributed by atoms with E-state index in [4.69, 9.17) is 17.3 Å². The van der Waals surface area contributed by atoms with E-state index in [-0.39, 0.29) is 23.2 Å². The van der Waals surface area contributed by atoms with Crippen LogP contribution in [0.1, 0.15) is 16.1 Å². The number of benzene rings is 2. The van der Waals surface area contributed by atoms with E-state index < -0.39 is 0 Å². The summed E-state index contributed by atoms with van der Waals surface area (Å²) in [6, 6.07) is 11.6. The molecule has 0 fully saturated rings. The van der Waals surface area contributed by atoms with Crippen LogP contribution in [0.3, 0.4) is 0 Å². The first kappa shape index (κ1) is 20.8. The lowest BCUT2D eigenvalue weighted by Gasteiger charge is -2.15. The Labute approximate surface area is 193 Å². The number of amides is 1. The molecular weight excluding hydrogens is 443 g/mol. The van der Waals surface area contributed by atoms with Gasteiger partial charge in [0.25, 0.3) is 5.91 Å². The molecule has 0 spiro atoms. The quantitative estimate of drug-likeness (QED) is 0.408. The lowest BCUT2D eigenvalue weighted by molar-refractivity contribution is 0.0959. The lowest BCUT2D eigenvalue weighted by atomic mass is 10.0. The molecule has 0 aliphatic carbocycles. The lowest BCUT2D eigenvalue weighted by Crippen LogP contribution is -2.17. The number of aromatic nitrogens is 4. The molecule has 0 radical (unpaired) electrons. The molecule has 3 aromatic heterocycles. The van der Waals surface area contributed by atoms with E-state index in [1.165, 1.54) is 19.2 Å². The van der Waals surface area contributed by atoms with E-state index in [9.17, 15) is 9.18 Å². The summed E-state index contributed by atoms with van der Waals surface area (Å²) in [5, 5.41) is 3.91. The molecule has 5 rings (SSSR count). The number of fused-ring (bicyclic) bond motifs is 2. The number of nitrogens with zero attached hydrogens (tertiary/aromatic N) is 4. The van der Waals surface area contributed by atoms with Gasteiger partial charge >= 0.3 is 0 Å². The number of carbonyl (C=O) groups is 1. The van der Waals surface area contributed by atoms with Crippen LogP contribution in [0.5, 0.6) is 0 Å². The summed E-state index contributed by atoms with van der Waals surface area (Å²) in [5.74, 6) is -0.587. The van der Waals surface area contributed by atoms with Crippen molar-refractivity contribution < 1.29 is 9.18 Å². The highest BCUT2D eigenvalue weighted by atomic mass is 35.5. The maximum absolute atomic E-state index is 13.6. The molecule has 164 valence electrons. The second-order valence-corrected chi connectivity index (χ2v) is 7.99. The van der Waals surface area contributed by atoms with Gasteiger partial charge in [-0.05, 0) is 55.0 Å². The van der Waals surface area contributed by atoms with Gasteiger partial charge in [0.1, 0.15) is 11.5 Å². The Hall–Kier alpha value is -4.04. The van der Waals surface area contributed by atoms with Crippen molar-refractivity contribution in [3.63, 3.8) is 0 Å². The predicted octanol–water partition coefficient (Wildman–Crippen LogP) is 4.65. The van der Waals surface area contributed by atoms with Gasteiger partial charge in [-0.2, -0.15) is 0 Å². The number of nitrogen functional groups attached to an aromatic ring is 1. The minimum absolute atomic E-state index is 0.137. The van der Waals surface area contributed by atoms with Crippen LogP contribution in [-0.4, -0.2) is 32.3 Å². The van der Waals surface area contributed by atoms with Gasteiger partial charge in [0.15, 0.2) is 11.5 Å². The summed E-state index contributed by atoms with van der Waals surface area (Å²) in [4.78, 5) is 25.7. The van der Waals surface area contributed by atoms with Gasteiger partial charge < -0.3 is 11.1 Å². The average molecular weight is 461 g/mol. The number of nitrogens with one attached hydrogen (secondary N) is 1. The molecule has 2 aromatic carbocycles. The summed E-state index contributed by atoms with van der Waals surface area (Å²) >= 11 is 6.62. The SMILES string of the molecule is CNC(=O)c1cn2c(-c3cc(Cl)c4nccc(C)c4c3)c(-c3ccc(F)cc3)nc(N)c2n1. The van der Waals surface area contributed by atoms with E-state index in [1.54, 1.807) is 35.0 Å². The zero-order valence-electron chi connectivity index (χ0n) is 17.7. The Bertz CT molecular complexity index is 1560. The summed E-state index contributed by atoms with van der Waals surface area (Å²) in [5.41, 5.74) is 10.9. The van der Waals surface area contributed by atoms with Crippen LogP contribution in [-0.2, 0) is 0 Å². The normalized spacial score (nSPS) is 11.3. The van der Waals surface area contributed by atoms with E-state index in [0.717, 1.165) is 16.5 Å². The molecule has 0 saturated carbocycles. The maximum Gasteiger partial charge on any atom is 0.271 e. The summed E-state index contributed by atoms with van der Waals surface area (Å²) < 4.78 is 15.3. The highest BCUT2D eigenvalue weighted by molar-refractivity contribution is 6.35. The zero-order chi connectivity index (χ0) is 23.3. The maximum atomic E-state index is 13.6. The molecule has 0 saturated heterocycles.